The molecule has 0 aliphatic carbocycles. The summed E-state index contributed by atoms with van der Waals surface area (Å²) in [5, 5.41) is 3.86. The fraction of sp³-hybridized carbons (Fsp3) is 0.167. The molecule has 0 amide bonds. The molecule has 0 atom stereocenters. The van der Waals surface area contributed by atoms with Gasteiger partial charge in [-0.15, -0.1) is 0 Å². The van der Waals surface area contributed by atoms with Gasteiger partial charge in [-0.1, -0.05) is 0 Å². The number of thioether (sulfide) groups is 1. The maximum atomic E-state index is 10.9. The van der Waals surface area contributed by atoms with Gasteiger partial charge in [0.05, 0.1) is 4.91 Å². The molecule has 0 aromatic rings. The van der Waals surface area contributed by atoms with Crippen LogP contribution in [-0.4, -0.2) is 23.7 Å². The molecule has 11 heavy (non-hydrogen) atoms. The van der Waals surface area contributed by atoms with Crippen molar-refractivity contribution in [1.82, 2.24) is 5.43 Å². The highest BCUT2D eigenvalue weighted by Crippen LogP contribution is 2.22. The molecule has 0 bridgehead atoms. The van der Waals surface area contributed by atoms with Crippen molar-refractivity contribution in [3.8, 4) is 0 Å². The fourth-order valence-corrected chi connectivity index (χ4v) is 1.54. The zero-order valence-corrected chi connectivity index (χ0v) is 6.39. The molecule has 2 rings (SSSR count). The van der Waals surface area contributed by atoms with E-state index in [4.69, 9.17) is 0 Å². The first kappa shape index (κ1) is 6.60. The largest absolute Gasteiger partial charge is 0.285 e. The zero-order valence-electron chi connectivity index (χ0n) is 5.57. The first-order chi connectivity index (χ1) is 5.36. The number of rotatable bonds is 0. The van der Waals surface area contributed by atoms with Crippen LogP contribution in [0.15, 0.2) is 21.1 Å². The number of hydrazone groups is 1. The molecule has 0 radical (unpaired) electrons. The van der Waals surface area contributed by atoms with Gasteiger partial charge in [0.2, 0.25) is 5.12 Å². The van der Waals surface area contributed by atoms with Gasteiger partial charge in [0, 0.05) is 6.21 Å². The van der Waals surface area contributed by atoms with Gasteiger partial charge >= 0.3 is 0 Å². The first-order valence-electron chi connectivity index (χ1n) is 3.11. The van der Waals surface area contributed by atoms with Crippen LogP contribution < -0.4 is 5.43 Å². The molecular weight excluding hydrogens is 162 g/mol. The Hall–Kier alpha value is -1.10. The molecule has 2 heterocycles. The Labute approximate surface area is 67.5 Å². The average molecular weight is 167 g/mol. The quantitative estimate of drug-likeness (QED) is 0.558. The zero-order chi connectivity index (χ0) is 7.68. The van der Waals surface area contributed by atoms with E-state index in [2.05, 4.69) is 15.5 Å². The number of carbonyl (C=O) groups excluding carboxylic acids is 1. The normalized spacial score (nSPS) is 21.6. The lowest BCUT2D eigenvalue weighted by Gasteiger charge is -2.14. The third kappa shape index (κ3) is 1.19. The lowest BCUT2D eigenvalue weighted by Crippen LogP contribution is -2.26. The van der Waals surface area contributed by atoms with Crippen LogP contribution in [0.4, 0.5) is 0 Å². The minimum atomic E-state index is 0.0806. The Bertz CT molecular complexity index is 292. The topological polar surface area (TPSA) is 53.8 Å². The third-order valence-electron chi connectivity index (χ3n) is 1.29. The monoisotopic (exact) mass is 167 g/mol. The van der Waals surface area contributed by atoms with Gasteiger partial charge in [0.25, 0.3) is 0 Å². The molecule has 5 heteroatoms. The van der Waals surface area contributed by atoms with E-state index in [1.165, 1.54) is 11.8 Å². The van der Waals surface area contributed by atoms with Crippen molar-refractivity contribution in [2.45, 2.75) is 0 Å². The summed E-state index contributed by atoms with van der Waals surface area (Å²) in [6.07, 6.45) is 3.39. The summed E-state index contributed by atoms with van der Waals surface area (Å²) in [5.74, 6) is 0.706. The molecule has 2 aliphatic heterocycles. The lowest BCUT2D eigenvalue weighted by molar-refractivity contribution is -0.109. The van der Waals surface area contributed by atoms with E-state index >= 15 is 0 Å². The predicted molar refractivity (Wildman–Crippen MR) is 44.6 cm³/mol. The van der Waals surface area contributed by atoms with E-state index in [0.717, 1.165) is 4.91 Å². The van der Waals surface area contributed by atoms with Gasteiger partial charge in [-0.05, 0) is 17.8 Å². The van der Waals surface area contributed by atoms with Crippen LogP contribution in [0.25, 0.3) is 0 Å². The number of allylic oxidation sites excluding steroid dienone is 1. The highest BCUT2D eigenvalue weighted by Gasteiger charge is 2.18. The highest BCUT2D eigenvalue weighted by atomic mass is 32.2. The number of hydrogen-bond acceptors (Lipinski definition) is 5. The van der Waals surface area contributed by atoms with Crippen molar-refractivity contribution in [1.29, 1.82) is 0 Å². The van der Waals surface area contributed by atoms with E-state index in [1.54, 1.807) is 12.3 Å². The van der Waals surface area contributed by atoms with Crippen LogP contribution in [-0.2, 0) is 4.79 Å². The molecule has 0 fully saturated rings. The SMILES string of the molecule is O=C1CN=C2NN=CC=C2S1. The number of aliphatic imine (C=N–C) groups is 1. The molecule has 0 saturated heterocycles. The van der Waals surface area contributed by atoms with Crippen molar-refractivity contribution in [3.63, 3.8) is 0 Å². The minimum Gasteiger partial charge on any atom is -0.285 e. The van der Waals surface area contributed by atoms with Crippen molar-refractivity contribution in [2.75, 3.05) is 6.54 Å². The van der Waals surface area contributed by atoms with E-state index in [9.17, 15) is 4.79 Å². The Morgan fingerprint density at radius 2 is 2.55 bits per heavy atom. The van der Waals surface area contributed by atoms with Gasteiger partial charge in [-0.25, -0.2) is 0 Å². The maximum absolute atomic E-state index is 10.9. The molecule has 56 valence electrons. The molecule has 0 aromatic carbocycles. The third-order valence-corrected chi connectivity index (χ3v) is 2.20. The summed E-state index contributed by atoms with van der Waals surface area (Å²) < 4.78 is 0. The van der Waals surface area contributed by atoms with Gasteiger partial charge in [0.15, 0.2) is 5.84 Å². The van der Waals surface area contributed by atoms with Crippen LogP contribution in [0.3, 0.4) is 0 Å². The van der Waals surface area contributed by atoms with Crippen LogP contribution >= 0.6 is 11.8 Å². The second-order valence-corrected chi connectivity index (χ2v) is 3.16. The molecule has 0 unspecified atom stereocenters. The summed E-state index contributed by atoms with van der Waals surface area (Å²) in [5.41, 5.74) is 2.72. The highest BCUT2D eigenvalue weighted by molar-refractivity contribution is 8.17. The molecule has 2 aliphatic rings. The Balaban J connectivity index is 2.35. The molecule has 0 aromatic heterocycles. The number of nitrogens with zero attached hydrogens (tertiary/aromatic N) is 2. The van der Waals surface area contributed by atoms with Gasteiger partial charge < -0.3 is 0 Å². The number of hydrogen-bond donors (Lipinski definition) is 1. The molecule has 0 saturated carbocycles. The fourth-order valence-electron chi connectivity index (χ4n) is 0.832. The van der Waals surface area contributed by atoms with Crippen LogP contribution in [0.1, 0.15) is 0 Å². The summed E-state index contributed by atoms with van der Waals surface area (Å²) in [6, 6.07) is 0. The Morgan fingerprint density at radius 3 is 3.45 bits per heavy atom. The Kier molecular flexibility index (Phi) is 1.50. The van der Waals surface area contributed by atoms with Gasteiger partial charge in [0.1, 0.15) is 6.54 Å². The first-order valence-corrected chi connectivity index (χ1v) is 3.93. The van der Waals surface area contributed by atoms with Crippen LogP contribution in [0.2, 0.25) is 0 Å². The lowest BCUT2D eigenvalue weighted by atomic mass is 10.4. The van der Waals surface area contributed by atoms with E-state index in [0.29, 0.717) is 5.84 Å². The average Bonchev–Trinajstić information content (AvgIpc) is 2.04. The van der Waals surface area contributed by atoms with Crippen LogP contribution in [0, 0.1) is 0 Å². The summed E-state index contributed by atoms with van der Waals surface area (Å²) in [4.78, 5) is 15.7. The van der Waals surface area contributed by atoms with E-state index in [-0.39, 0.29) is 11.7 Å². The summed E-state index contributed by atoms with van der Waals surface area (Å²) in [6.45, 7) is 0.250. The Morgan fingerprint density at radius 1 is 1.64 bits per heavy atom. The number of carbonyl (C=O) groups is 1. The van der Waals surface area contributed by atoms with Crippen molar-refractivity contribution >= 4 is 28.9 Å². The maximum Gasteiger partial charge on any atom is 0.215 e. The molecule has 0 spiro atoms. The number of amidine groups is 1. The second kappa shape index (κ2) is 2.50. The summed E-state index contributed by atoms with van der Waals surface area (Å²) >= 11 is 1.21. The van der Waals surface area contributed by atoms with Crippen molar-refractivity contribution in [3.05, 3.63) is 11.0 Å². The van der Waals surface area contributed by atoms with Gasteiger partial charge in [-0.3, -0.25) is 15.2 Å². The molecule has 1 N–H and O–H groups in total. The number of fused-ring (bicyclic) bond motifs is 1. The summed E-state index contributed by atoms with van der Waals surface area (Å²) in [7, 11) is 0. The standard InChI is InChI=1S/C6H5N3OS/c10-5-3-7-6-4(11-5)1-2-8-9-6/h1-2H,3H2,(H,7,9). The van der Waals surface area contributed by atoms with Crippen molar-refractivity contribution < 1.29 is 4.79 Å². The van der Waals surface area contributed by atoms with E-state index in [1.807, 2.05) is 0 Å². The number of nitrogens with one attached hydrogen (secondary N) is 1. The van der Waals surface area contributed by atoms with E-state index < -0.39 is 0 Å². The van der Waals surface area contributed by atoms with Crippen LogP contribution in [0.5, 0.6) is 0 Å². The molecular formula is C6H5N3OS. The predicted octanol–water partition coefficient (Wildman–Crippen LogP) is 0.131. The van der Waals surface area contributed by atoms with Crippen molar-refractivity contribution in [2.24, 2.45) is 10.1 Å². The second-order valence-electron chi connectivity index (χ2n) is 2.06. The smallest absolute Gasteiger partial charge is 0.215 e. The minimum absolute atomic E-state index is 0.0806. The van der Waals surface area contributed by atoms with Gasteiger partial charge in [-0.2, -0.15) is 5.10 Å². The molecule has 4 nitrogen and oxygen atoms in total.